The molecule has 2 heterocycles. The molecule has 5 aromatic rings. The van der Waals surface area contributed by atoms with Crippen LogP contribution in [-0.4, -0.2) is 36.6 Å². The molecular weight excluding hydrogens is 607 g/mol. The van der Waals surface area contributed by atoms with Gasteiger partial charge in [-0.1, -0.05) is 34.1 Å². The second-order valence-electron chi connectivity index (χ2n) is 8.69. The van der Waals surface area contributed by atoms with E-state index in [1.54, 1.807) is 55.6 Å². The Labute approximate surface area is 238 Å². The van der Waals surface area contributed by atoms with Crippen LogP contribution in [0.2, 0.25) is 0 Å². The van der Waals surface area contributed by atoms with Crippen molar-refractivity contribution in [3.05, 3.63) is 82.7 Å². The number of methoxy groups -OCH3 is 2. The molecule has 12 heteroatoms. The molecule has 3 aromatic carbocycles. The van der Waals surface area contributed by atoms with Crippen molar-refractivity contribution in [3.8, 4) is 22.6 Å². The molecule has 0 atom stereocenters. The lowest BCUT2D eigenvalue weighted by atomic mass is 10.0. The fourth-order valence-corrected chi connectivity index (χ4v) is 7.19. The van der Waals surface area contributed by atoms with E-state index < -0.39 is 16.7 Å². The standard InChI is InChI=1S/C27H24BrFN4O4S2/c1-32-15-23(21-8-4-17(13-29)10-24(21)28)22-9-7-20(12-25(22)32)39(34,35)33(27-30-16-31-38-27)14-18-5-6-19(36-2)11-26(18)37-3/h4-12,15-16H,13-14H2,1-3H3. The molecule has 0 saturated carbocycles. The van der Waals surface area contributed by atoms with E-state index in [-0.39, 0.29) is 16.6 Å². The van der Waals surface area contributed by atoms with Crippen LogP contribution in [0.3, 0.4) is 0 Å². The zero-order valence-corrected chi connectivity index (χ0v) is 24.5. The summed E-state index contributed by atoms with van der Waals surface area (Å²) in [4.78, 5) is 4.30. The highest BCUT2D eigenvalue weighted by atomic mass is 79.9. The molecule has 0 N–H and O–H groups in total. The second-order valence-corrected chi connectivity index (χ2v) is 12.2. The third-order valence-corrected chi connectivity index (χ3v) is 9.59. The number of fused-ring (bicyclic) bond motifs is 1. The van der Waals surface area contributed by atoms with Gasteiger partial charge in [-0.25, -0.2) is 22.1 Å². The highest BCUT2D eigenvalue weighted by Gasteiger charge is 2.29. The molecule has 5 rings (SSSR count). The first kappa shape index (κ1) is 27.1. The third-order valence-electron chi connectivity index (χ3n) is 6.40. The average Bonchev–Trinajstić information content (AvgIpc) is 3.59. The molecule has 0 aliphatic carbocycles. The third kappa shape index (κ3) is 5.11. The zero-order valence-electron chi connectivity index (χ0n) is 21.3. The number of rotatable bonds is 9. The van der Waals surface area contributed by atoms with Gasteiger partial charge in [-0.3, -0.25) is 0 Å². The van der Waals surface area contributed by atoms with Gasteiger partial charge in [0.2, 0.25) is 5.13 Å². The Morgan fingerprint density at radius 1 is 1.05 bits per heavy atom. The first-order chi connectivity index (χ1) is 18.8. The van der Waals surface area contributed by atoms with Crippen LogP contribution in [0.15, 0.2) is 76.5 Å². The van der Waals surface area contributed by atoms with Crippen LogP contribution in [0.25, 0.3) is 22.0 Å². The van der Waals surface area contributed by atoms with Gasteiger partial charge < -0.3 is 14.0 Å². The van der Waals surface area contributed by atoms with E-state index in [2.05, 4.69) is 25.3 Å². The van der Waals surface area contributed by atoms with Crippen molar-refractivity contribution in [2.75, 3.05) is 18.5 Å². The Bertz CT molecular complexity index is 1760. The van der Waals surface area contributed by atoms with Gasteiger partial charge in [0.15, 0.2) is 0 Å². The molecule has 0 fully saturated rings. The summed E-state index contributed by atoms with van der Waals surface area (Å²) < 4.78 is 59.9. The Kier molecular flexibility index (Phi) is 7.61. The van der Waals surface area contributed by atoms with Crippen molar-refractivity contribution in [2.45, 2.75) is 18.1 Å². The van der Waals surface area contributed by atoms with Crippen LogP contribution in [-0.2, 0) is 30.3 Å². The number of sulfonamides is 1. The normalized spacial score (nSPS) is 11.6. The molecule has 8 nitrogen and oxygen atoms in total. The van der Waals surface area contributed by atoms with E-state index in [0.717, 1.165) is 38.0 Å². The Hall–Kier alpha value is -3.48. The number of hydrogen-bond acceptors (Lipinski definition) is 7. The summed E-state index contributed by atoms with van der Waals surface area (Å²) in [5.74, 6) is 1.09. The molecule has 0 spiro atoms. The Morgan fingerprint density at radius 3 is 2.54 bits per heavy atom. The van der Waals surface area contributed by atoms with E-state index in [9.17, 15) is 12.8 Å². The maximum Gasteiger partial charge on any atom is 0.266 e. The van der Waals surface area contributed by atoms with Gasteiger partial charge in [0.1, 0.15) is 24.5 Å². The van der Waals surface area contributed by atoms with Gasteiger partial charge in [-0.15, -0.1) is 0 Å². The van der Waals surface area contributed by atoms with Crippen LogP contribution in [0, 0.1) is 0 Å². The summed E-state index contributed by atoms with van der Waals surface area (Å²) >= 11 is 4.54. The maximum atomic E-state index is 14.1. The number of ether oxygens (including phenoxy) is 2. The predicted octanol–water partition coefficient (Wildman–Crippen LogP) is 6.34. The highest BCUT2D eigenvalue weighted by molar-refractivity contribution is 9.10. The Morgan fingerprint density at radius 2 is 1.87 bits per heavy atom. The number of hydrogen-bond donors (Lipinski definition) is 0. The smallest absolute Gasteiger partial charge is 0.266 e. The number of anilines is 1. The summed E-state index contributed by atoms with van der Waals surface area (Å²) in [6.45, 7) is -0.571. The summed E-state index contributed by atoms with van der Waals surface area (Å²) in [6.07, 6.45) is 3.26. The van der Waals surface area contributed by atoms with E-state index in [0.29, 0.717) is 22.6 Å². The van der Waals surface area contributed by atoms with Gasteiger partial charge in [0.25, 0.3) is 10.0 Å². The SMILES string of the molecule is COc1ccc(CN(c2ncns2)S(=O)(=O)c2ccc3c(-c4ccc(CF)cc4Br)cn(C)c3c2)c(OC)c1. The van der Waals surface area contributed by atoms with Gasteiger partial charge in [0.05, 0.1) is 25.7 Å². The number of aromatic nitrogens is 3. The molecule has 0 unspecified atom stereocenters. The van der Waals surface area contributed by atoms with Gasteiger partial charge in [0, 0.05) is 57.3 Å². The second kappa shape index (κ2) is 10.9. The zero-order chi connectivity index (χ0) is 27.7. The van der Waals surface area contributed by atoms with Crippen molar-refractivity contribution in [2.24, 2.45) is 7.05 Å². The van der Waals surface area contributed by atoms with E-state index in [4.69, 9.17) is 9.47 Å². The van der Waals surface area contributed by atoms with Crippen LogP contribution >= 0.6 is 27.5 Å². The average molecular weight is 632 g/mol. The van der Waals surface area contributed by atoms with Gasteiger partial charge >= 0.3 is 0 Å². The largest absolute Gasteiger partial charge is 0.497 e. The topological polar surface area (TPSA) is 86.5 Å². The number of benzene rings is 3. The number of aryl methyl sites for hydroxylation is 1. The molecule has 0 aliphatic heterocycles. The van der Waals surface area contributed by atoms with Crippen LogP contribution in [0.4, 0.5) is 9.52 Å². The van der Waals surface area contributed by atoms with E-state index in [1.165, 1.54) is 17.7 Å². The lowest BCUT2D eigenvalue weighted by Gasteiger charge is -2.23. The van der Waals surface area contributed by atoms with Crippen LogP contribution < -0.4 is 13.8 Å². The lowest BCUT2D eigenvalue weighted by molar-refractivity contribution is 0.391. The van der Waals surface area contributed by atoms with Gasteiger partial charge in [-0.05, 0) is 41.5 Å². The number of halogens is 2. The summed E-state index contributed by atoms with van der Waals surface area (Å²) in [5.41, 5.74) is 3.73. The van der Waals surface area contributed by atoms with E-state index >= 15 is 0 Å². The molecule has 2 aromatic heterocycles. The van der Waals surface area contributed by atoms with Gasteiger partial charge in [-0.2, -0.15) is 4.37 Å². The minimum absolute atomic E-state index is 0.0189. The van der Waals surface area contributed by atoms with Crippen molar-refractivity contribution in [1.29, 1.82) is 0 Å². The Balaban J connectivity index is 1.58. The molecule has 202 valence electrons. The van der Waals surface area contributed by atoms with Crippen LogP contribution in [0.1, 0.15) is 11.1 Å². The predicted molar refractivity (Wildman–Crippen MR) is 154 cm³/mol. The van der Waals surface area contributed by atoms with Crippen LogP contribution in [0.5, 0.6) is 11.5 Å². The highest BCUT2D eigenvalue weighted by Crippen LogP contribution is 2.38. The molecule has 0 saturated heterocycles. The monoisotopic (exact) mass is 630 g/mol. The fourth-order valence-electron chi connectivity index (χ4n) is 4.40. The first-order valence-electron chi connectivity index (χ1n) is 11.7. The minimum atomic E-state index is -4.05. The summed E-state index contributed by atoms with van der Waals surface area (Å²) in [6, 6.07) is 15.6. The maximum absolute atomic E-state index is 14.1. The molecule has 0 aliphatic rings. The first-order valence-corrected chi connectivity index (χ1v) is 14.7. The van der Waals surface area contributed by atoms with Crippen molar-refractivity contribution < 1.29 is 22.3 Å². The number of nitrogens with zero attached hydrogens (tertiary/aromatic N) is 4. The lowest BCUT2D eigenvalue weighted by Crippen LogP contribution is -2.30. The van der Waals surface area contributed by atoms with E-state index in [1.807, 2.05) is 23.9 Å². The summed E-state index contributed by atoms with van der Waals surface area (Å²) in [5, 5.41) is 1.10. The number of alkyl halides is 1. The molecular formula is C27H24BrFN4O4S2. The molecule has 39 heavy (non-hydrogen) atoms. The summed E-state index contributed by atoms with van der Waals surface area (Å²) in [7, 11) is 0.876. The molecule has 0 radical (unpaired) electrons. The van der Waals surface area contributed by atoms with Crippen molar-refractivity contribution in [3.63, 3.8) is 0 Å². The van der Waals surface area contributed by atoms with Crippen molar-refractivity contribution >= 4 is 53.5 Å². The molecule has 0 bridgehead atoms. The molecule has 0 amide bonds. The quantitative estimate of drug-likeness (QED) is 0.189. The van der Waals surface area contributed by atoms with Crippen molar-refractivity contribution in [1.82, 2.24) is 13.9 Å². The fraction of sp³-hybridized carbons (Fsp3) is 0.185. The minimum Gasteiger partial charge on any atom is -0.497 e.